The molecule has 0 radical (unpaired) electrons. The van der Waals surface area contributed by atoms with E-state index in [-0.39, 0.29) is 17.4 Å². The third-order valence-electron chi connectivity index (χ3n) is 2.25. The molecule has 1 N–H and O–H groups in total. The van der Waals surface area contributed by atoms with Crippen LogP contribution in [-0.2, 0) is 6.18 Å². The molecule has 0 heterocycles. The van der Waals surface area contributed by atoms with E-state index >= 15 is 0 Å². The van der Waals surface area contributed by atoms with Crippen LogP contribution >= 0.6 is 15.9 Å². The van der Waals surface area contributed by atoms with Crippen LogP contribution in [0.25, 0.3) is 0 Å². The molecular weight excluding hydrogens is 340 g/mol. The van der Waals surface area contributed by atoms with Crippen LogP contribution in [0.2, 0.25) is 0 Å². The fourth-order valence-corrected chi connectivity index (χ4v) is 1.87. The molecule has 1 rings (SSSR count). The number of rotatable bonds is 4. The molecule has 0 amide bonds. The van der Waals surface area contributed by atoms with Crippen molar-refractivity contribution in [2.75, 3.05) is 11.9 Å². The Bertz CT molecular complexity index is 426. The summed E-state index contributed by atoms with van der Waals surface area (Å²) in [7, 11) is 0. The maximum absolute atomic E-state index is 12.4. The molecule has 1 aromatic carbocycles. The van der Waals surface area contributed by atoms with Gasteiger partial charge in [-0.2, -0.15) is 26.3 Å². The molecule has 0 aliphatic carbocycles. The van der Waals surface area contributed by atoms with Crippen molar-refractivity contribution < 1.29 is 26.3 Å². The van der Waals surface area contributed by atoms with Crippen LogP contribution in [0.5, 0.6) is 0 Å². The highest BCUT2D eigenvalue weighted by Crippen LogP contribution is 2.34. The average Bonchev–Trinajstić information content (AvgIpc) is 2.23. The van der Waals surface area contributed by atoms with Gasteiger partial charge in [0.2, 0.25) is 0 Å². The number of anilines is 1. The van der Waals surface area contributed by atoms with Crippen molar-refractivity contribution in [3.63, 3.8) is 0 Å². The molecule has 0 unspecified atom stereocenters. The predicted octanol–water partition coefficient (Wildman–Crippen LogP) is 5.22. The van der Waals surface area contributed by atoms with Crippen LogP contribution < -0.4 is 5.32 Å². The van der Waals surface area contributed by atoms with Gasteiger partial charge in [0.25, 0.3) is 0 Å². The van der Waals surface area contributed by atoms with Gasteiger partial charge in [0.05, 0.1) is 5.56 Å². The summed E-state index contributed by atoms with van der Waals surface area (Å²) in [5, 5.41) is 2.65. The maximum Gasteiger partial charge on any atom is 0.416 e. The third kappa shape index (κ3) is 5.71. The lowest BCUT2D eigenvalue weighted by Gasteiger charge is -2.12. The van der Waals surface area contributed by atoms with Crippen molar-refractivity contribution in [2.24, 2.45) is 0 Å². The largest absolute Gasteiger partial charge is 0.416 e. The summed E-state index contributed by atoms with van der Waals surface area (Å²) >= 11 is 2.95. The highest BCUT2D eigenvalue weighted by Gasteiger charge is 2.30. The van der Waals surface area contributed by atoms with Crippen LogP contribution in [0.4, 0.5) is 32.0 Å². The van der Waals surface area contributed by atoms with Gasteiger partial charge in [0.15, 0.2) is 0 Å². The number of hydrogen-bond acceptors (Lipinski definition) is 1. The first-order valence-corrected chi connectivity index (χ1v) is 6.06. The summed E-state index contributed by atoms with van der Waals surface area (Å²) < 4.78 is 72.9. The van der Waals surface area contributed by atoms with Gasteiger partial charge in [0, 0.05) is 23.1 Å². The minimum Gasteiger partial charge on any atom is -0.384 e. The van der Waals surface area contributed by atoms with E-state index in [1.165, 1.54) is 6.07 Å². The molecule has 0 atom stereocenters. The topological polar surface area (TPSA) is 12.0 Å². The molecule has 8 heteroatoms. The summed E-state index contributed by atoms with van der Waals surface area (Å²) in [5.41, 5.74) is -0.490. The molecule has 0 bridgehead atoms. The Morgan fingerprint density at radius 3 is 2.16 bits per heavy atom. The lowest BCUT2D eigenvalue weighted by atomic mass is 10.2. The second kappa shape index (κ2) is 6.02. The normalized spacial score (nSPS) is 12.6. The monoisotopic (exact) mass is 349 g/mol. The molecule has 0 fully saturated rings. The van der Waals surface area contributed by atoms with Crippen molar-refractivity contribution in [2.45, 2.75) is 25.2 Å². The summed E-state index contributed by atoms with van der Waals surface area (Å²) in [6.07, 6.45) is -9.74. The Morgan fingerprint density at radius 1 is 1.05 bits per heavy atom. The summed E-state index contributed by atoms with van der Waals surface area (Å²) in [4.78, 5) is 0. The number of nitrogens with one attached hydrogen (secondary N) is 1. The maximum atomic E-state index is 12.4. The third-order valence-corrected chi connectivity index (χ3v) is 2.90. The zero-order valence-electron chi connectivity index (χ0n) is 9.50. The highest BCUT2D eigenvalue weighted by atomic mass is 79.9. The molecular formula is C11H10BrF6N. The smallest absolute Gasteiger partial charge is 0.384 e. The summed E-state index contributed by atoms with van der Waals surface area (Å²) in [5.74, 6) is 0. The fraction of sp³-hybridized carbons (Fsp3) is 0.455. The number of halogens is 7. The van der Waals surface area contributed by atoms with Crippen LogP contribution in [0.1, 0.15) is 18.4 Å². The van der Waals surface area contributed by atoms with Gasteiger partial charge in [-0.15, -0.1) is 0 Å². The Labute approximate surface area is 114 Å². The van der Waals surface area contributed by atoms with E-state index in [9.17, 15) is 26.3 Å². The molecule has 108 valence electrons. The van der Waals surface area contributed by atoms with Crippen molar-refractivity contribution in [1.82, 2.24) is 0 Å². The minimum atomic E-state index is -4.45. The van der Waals surface area contributed by atoms with Gasteiger partial charge in [-0.1, -0.05) is 0 Å². The Hall–Kier alpha value is -0.920. The Balaban J connectivity index is 2.57. The van der Waals surface area contributed by atoms with E-state index in [0.717, 1.165) is 12.1 Å². The van der Waals surface area contributed by atoms with Gasteiger partial charge in [-0.3, -0.25) is 0 Å². The molecule has 0 aliphatic rings. The molecule has 0 spiro atoms. The van der Waals surface area contributed by atoms with E-state index in [1.54, 1.807) is 0 Å². The second-order valence-electron chi connectivity index (χ2n) is 3.84. The Kier molecular flexibility index (Phi) is 5.11. The number of benzene rings is 1. The standard InChI is InChI=1S/C11H10BrF6N/c12-8-6-7(11(16,17)18)2-3-9(8)19-5-1-4-10(13,14)15/h2-3,6,19H,1,4-5H2. The fourth-order valence-electron chi connectivity index (χ4n) is 1.35. The molecule has 0 aliphatic heterocycles. The average molecular weight is 350 g/mol. The van der Waals surface area contributed by atoms with E-state index in [1.807, 2.05) is 0 Å². The molecule has 1 aromatic rings. The van der Waals surface area contributed by atoms with Crippen LogP contribution in [0, 0.1) is 0 Å². The van der Waals surface area contributed by atoms with Gasteiger partial charge >= 0.3 is 12.4 Å². The molecule has 1 nitrogen and oxygen atoms in total. The molecule has 0 aromatic heterocycles. The van der Waals surface area contributed by atoms with E-state index in [2.05, 4.69) is 21.2 Å². The highest BCUT2D eigenvalue weighted by molar-refractivity contribution is 9.10. The van der Waals surface area contributed by atoms with Gasteiger partial charge < -0.3 is 5.32 Å². The SMILES string of the molecule is FC(F)(F)CCCNc1ccc(C(F)(F)F)cc1Br. The molecule has 0 saturated carbocycles. The van der Waals surface area contributed by atoms with Crippen LogP contribution in [0.15, 0.2) is 22.7 Å². The van der Waals surface area contributed by atoms with E-state index in [0.29, 0.717) is 5.69 Å². The lowest BCUT2D eigenvalue weighted by molar-refractivity contribution is -0.137. The number of alkyl halides is 6. The van der Waals surface area contributed by atoms with Crippen molar-refractivity contribution in [3.05, 3.63) is 28.2 Å². The minimum absolute atomic E-state index is 0.0312. The van der Waals surface area contributed by atoms with Crippen molar-refractivity contribution in [1.29, 1.82) is 0 Å². The Morgan fingerprint density at radius 2 is 1.68 bits per heavy atom. The number of hydrogen-bond donors (Lipinski definition) is 1. The van der Waals surface area contributed by atoms with E-state index in [4.69, 9.17) is 0 Å². The quantitative estimate of drug-likeness (QED) is 0.580. The first-order chi connectivity index (χ1) is 8.59. The summed E-state index contributed by atoms with van der Waals surface area (Å²) in [6, 6.07) is 2.93. The lowest BCUT2D eigenvalue weighted by Crippen LogP contribution is -2.11. The zero-order valence-corrected chi connectivity index (χ0v) is 11.1. The van der Waals surface area contributed by atoms with E-state index < -0.39 is 24.3 Å². The second-order valence-corrected chi connectivity index (χ2v) is 4.69. The van der Waals surface area contributed by atoms with Crippen LogP contribution in [-0.4, -0.2) is 12.7 Å². The molecule has 19 heavy (non-hydrogen) atoms. The van der Waals surface area contributed by atoms with Gasteiger partial charge in [-0.05, 0) is 40.5 Å². The predicted molar refractivity (Wildman–Crippen MR) is 62.9 cm³/mol. The first kappa shape index (κ1) is 16.1. The zero-order chi connectivity index (χ0) is 14.7. The van der Waals surface area contributed by atoms with Crippen molar-refractivity contribution >= 4 is 21.6 Å². The van der Waals surface area contributed by atoms with Crippen LogP contribution in [0.3, 0.4) is 0 Å². The van der Waals surface area contributed by atoms with Crippen molar-refractivity contribution in [3.8, 4) is 0 Å². The first-order valence-electron chi connectivity index (χ1n) is 5.27. The van der Waals surface area contributed by atoms with Gasteiger partial charge in [-0.25, -0.2) is 0 Å². The molecule has 0 saturated heterocycles. The summed E-state index contributed by atoms with van der Waals surface area (Å²) in [6.45, 7) is 0.0312. The van der Waals surface area contributed by atoms with Gasteiger partial charge in [0.1, 0.15) is 0 Å².